The van der Waals surface area contributed by atoms with Gasteiger partial charge in [-0.15, -0.1) is 10.2 Å². The van der Waals surface area contributed by atoms with Crippen LogP contribution < -0.4 is 9.47 Å². The average molecular weight is 380 g/mol. The SMILES string of the molecule is COc1cccc(OCCN2CCC(c3nnc(-c4cccnc4)o3)CC2)c1. The predicted molar refractivity (Wildman–Crippen MR) is 104 cm³/mol. The third-order valence-corrected chi connectivity index (χ3v) is 5.00. The Morgan fingerprint density at radius 1 is 1.11 bits per heavy atom. The standard InChI is InChI=1S/C21H24N4O3/c1-26-18-5-2-6-19(14-18)27-13-12-25-10-7-16(8-11-25)20-23-24-21(28-20)17-4-3-9-22-15-17/h2-6,9,14-16H,7-8,10-13H2,1H3. The second-order valence-electron chi connectivity index (χ2n) is 6.83. The Kier molecular flexibility index (Phi) is 5.82. The summed E-state index contributed by atoms with van der Waals surface area (Å²) in [5, 5.41) is 8.44. The Bertz CT molecular complexity index is 876. The number of hydrogen-bond donors (Lipinski definition) is 0. The van der Waals surface area contributed by atoms with E-state index in [1.165, 1.54) is 0 Å². The van der Waals surface area contributed by atoms with E-state index in [-0.39, 0.29) is 0 Å². The molecule has 0 saturated carbocycles. The molecular formula is C21H24N4O3. The van der Waals surface area contributed by atoms with Gasteiger partial charge in [-0.05, 0) is 50.2 Å². The fourth-order valence-corrected chi connectivity index (χ4v) is 3.39. The fourth-order valence-electron chi connectivity index (χ4n) is 3.39. The Morgan fingerprint density at radius 3 is 2.75 bits per heavy atom. The molecule has 0 unspecified atom stereocenters. The normalized spacial score (nSPS) is 15.5. The van der Waals surface area contributed by atoms with Gasteiger partial charge < -0.3 is 13.9 Å². The van der Waals surface area contributed by atoms with Gasteiger partial charge in [-0.1, -0.05) is 6.07 Å². The maximum Gasteiger partial charge on any atom is 0.249 e. The third kappa shape index (κ3) is 4.48. The number of piperidine rings is 1. The highest BCUT2D eigenvalue weighted by Crippen LogP contribution is 2.29. The summed E-state index contributed by atoms with van der Waals surface area (Å²) < 4.78 is 17.0. The summed E-state index contributed by atoms with van der Waals surface area (Å²) in [6, 6.07) is 11.5. The van der Waals surface area contributed by atoms with Gasteiger partial charge >= 0.3 is 0 Å². The van der Waals surface area contributed by atoms with Crippen LogP contribution in [0.15, 0.2) is 53.2 Å². The van der Waals surface area contributed by atoms with E-state index >= 15 is 0 Å². The molecule has 0 amide bonds. The molecule has 7 heteroatoms. The number of hydrogen-bond acceptors (Lipinski definition) is 7. The summed E-state index contributed by atoms with van der Waals surface area (Å²) in [5.74, 6) is 3.23. The number of rotatable bonds is 7. The highest BCUT2D eigenvalue weighted by molar-refractivity contribution is 5.50. The van der Waals surface area contributed by atoms with Crippen LogP contribution >= 0.6 is 0 Å². The molecule has 7 nitrogen and oxygen atoms in total. The molecule has 146 valence electrons. The van der Waals surface area contributed by atoms with Gasteiger partial charge in [-0.2, -0.15) is 0 Å². The minimum absolute atomic E-state index is 0.313. The predicted octanol–water partition coefficient (Wildman–Crippen LogP) is 3.40. The molecule has 0 bridgehead atoms. The Labute approximate surface area is 164 Å². The van der Waals surface area contributed by atoms with Crippen LogP contribution in [0.25, 0.3) is 11.5 Å². The van der Waals surface area contributed by atoms with Crippen molar-refractivity contribution in [2.45, 2.75) is 18.8 Å². The number of pyridine rings is 1. The van der Waals surface area contributed by atoms with E-state index in [0.717, 1.165) is 55.4 Å². The van der Waals surface area contributed by atoms with Gasteiger partial charge in [-0.25, -0.2) is 0 Å². The summed E-state index contributed by atoms with van der Waals surface area (Å²) in [6.45, 7) is 3.55. The van der Waals surface area contributed by atoms with Gasteiger partial charge in [0.2, 0.25) is 11.8 Å². The second kappa shape index (κ2) is 8.84. The first kappa shape index (κ1) is 18.4. The molecular weight excluding hydrogens is 356 g/mol. The van der Waals surface area contributed by atoms with Crippen LogP contribution in [0.5, 0.6) is 11.5 Å². The van der Waals surface area contributed by atoms with Crippen LogP contribution in [0, 0.1) is 0 Å². The van der Waals surface area contributed by atoms with E-state index in [0.29, 0.717) is 18.4 Å². The fraction of sp³-hybridized carbons (Fsp3) is 0.381. The molecule has 28 heavy (non-hydrogen) atoms. The Hall–Kier alpha value is -2.93. The zero-order valence-electron chi connectivity index (χ0n) is 16.0. The van der Waals surface area contributed by atoms with Gasteiger partial charge in [0.05, 0.1) is 12.7 Å². The van der Waals surface area contributed by atoms with Crippen molar-refractivity contribution >= 4 is 0 Å². The summed E-state index contributed by atoms with van der Waals surface area (Å²) in [4.78, 5) is 6.51. The van der Waals surface area contributed by atoms with Crippen LogP contribution in [0.4, 0.5) is 0 Å². The topological polar surface area (TPSA) is 73.5 Å². The third-order valence-electron chi connectivity index (χ3n) is 5.00. The van der Waals surface area contributed by atoms with Gasteiger partial charge in [-0.3, -0.25) is 9.88 Å². The number of ether oxygens (including phenoxy) is 2. The molecule has 1 aliphatic heterocycles. The van der Waals surface area contributed by atoms with E-state index in [4.69, 9.17) is 13.9 Å². The highest BCUT2D eigenvalue weighted by Gasteiger charge is 2.25. The molecule has 3 heterocycles. The molecule has 1 aliphatic rings. The quantitative estimate of drug-likeness (QED) is 0.622. The number of benzene rings is 1. The molecule has 0 radical (unpaired) electrons. The lowest BCUT2D eigenvalue weighted by Crippen LogP contribution is -2.35. The summed E-state index contributed by atoms with van der Waals surface area (Å²) in [6.07, 6.45) is 5.48. The lowest BCUT2D eigenvalue weighted by Gasteiger charge is -2.30. The van der Waals surface area contributed by atoms with Crippen molar-refractivity contribution in [3.63, 3.8) is 0 Å². The molecule has 0 atom stereocenters. The monoisotopic (exact) mass is 380 g/mol. The van der Waals surface area contributed by atoms with Crippen LogP contribution in [-0.2, 0) is 0 Å². The van der Waals surface area contributed by atoms with Crippen LogP contribution in [-0.4, -0.2) is 53.4 Å². The van der Waals surface area contributed by atoms with Crippen molar-refractivity contribution in [2.24, 2.45) is 0 Å². The number of methoxy groups -OCH3 is 1. The maximum atomic E-state index is 5.89. The van der Waals surface area contributed by atoms with Crippen LogP contribution in [0.3, 0.4) is 0 Å². The van der Waals surface area contributed by atoms with E-state index in [9.17, 15) is 0 Å². The van der Waals surface area contributed by atoms with Gasteiger partial charge in [0.15, 0.2) is 0 Å². The van der Waals surface area contributed by atoms with Gasteiger partial charge in [0.25, 0.3) is 0 Å². The number of likely N-dealkylation sites (tertiary alicyclic amines) is 1. The van der Waals surface area contributed by atoms with E-state index in [1.807, 2.05) is 36.4 Å². The van der Waals surface area contributed by atoms with Crippen molar-refractivity contribution in [1.82, 2.24) is 20.1 Å². The first-order valence-corrected chi connectivity index (χ1v) is 9.55. The molecule has 2 aromatic heterocycles. The lowest BCUT2D eigenvalue weighted by molar-refractivity contribution is 0.166. The molecule has 4 rings (SSSR count). The molecule has 3 aromatic rings. The highest BCUT2D eigenvalue weighted by atomic mass is 16.5. The zero-order valence-corrected chi connectivity index (χ0v) is 16.0. The maximum absolute atomic E-state index is 5.89. The number of aromatic nitrogens is 3. The van der Waals surface area contributed by atoms with E-state index in [2.05, 4.69) is 20.1 Å². The van der Waals surface area contributed by atoms with E-state index < -0.39 is 0 Å². The smallest absolute Gasteiger partial charge is 0.249 e. The molecule has 0 aliphatic carbocycles. The Balaban J connectivity index is 1.24. The average Bonchev–Trinajstić information content (AvgIpc) is 3.25. The van der Waals surface area contributed by atoms with Crippen molar-refractivity contribution in [3.05, 3.63) is 54.7 Å². The number of nitrogens with zero attached hydrogens (tertiary/aromatic N) is 4. The Morgan fingerprint density at radius 2 is 1.96 bits per heavy atom. The van der Waals surface area contributed by atoms with E-state index in [1.54, 1.807) is 19.5 Å². The van der Waals surface area contributed by atoms with Crippen molar-refractivity contribution in [2.75, 3.05) is 33.4 Å². The molecule has 1 saturated heterocycles. The van der Waals surface area contributed by atoms with Crippen LogP contribution in [0.1, 0.15) is 24.7 Å². The second-order valence-corrected chi connectivity index (χ2v) is 6.83. The summed E-state index contributed by atoms with van der Waals surface area (Å²) in [5.41, 5.74) is 0.855. The zero-order chi connectivity index (χ0) is 19.2. The van der Waals surface area contributed by atoms with Crippen LogP contribution in [0.2, 0.25) is 0 Å². The van der Waals surface area contributed by atoms with Crippen molar-refractivity contribution < 1.29 is 13.9 Å². The lowest BCUT2D eigenvalue weighted by atomic mass is 9.97. The first-order valence-electron chi connectivity index (χ1n) is 9.55. The molecule has 1 fully saturated rings. The van der Waals surface area contributed by atoms with Crippen molar-refractivity contribution in [3.8, 4) is 23.0 Å². The van der Waals surface area contributed by atoms with Gasteiger partial charge in [0, 0.05) is 30.9 Å². The molecule has 0 N–H and O–H groups in total. The summed E-state index contributed by atoms with van der Waals surface area (Å²) >= 11 is 0. The minimum atomic E-state index is 0.313. The minimum Gasteiger partial charge on any atom is -0.497 e. The molecule has 0 spiro atoms. The summed E-state index contributed by atoms with van der Waals surface area (Å²) in [7, 11) is 1.66. The molecule has 1 aromatic carbocycles. The van der Waals surface area contributed by atoms with Crippen molar-refractivity contribution in [1.29, 1.82) is 0 Å². The first-order chi connectivity index (χ1) is 13.8. The van der Waals surface area contributed by atoms with Gasteiger partial charge in [0.1, 0.15) is 18.1 Å². The largest absolute Gasteiger partial charge is 0.497 e.